The zero-order valence-electron chi connectivity index (χ0n) is 24.4. The van der Waals surface area contributed by atoms with Crippen LogP contribution in [0.5, 0.6) is 0 Å². The second kappa shape index (κ2) is 12.7. The number of halogens is 1. The molecule has 2 N–H and O–H groups in total. The highest BCUT2D eigenvalue weighted by molar-refractivity contribution is 7.19. The zero-order valence-corrected chi connectivity index (χ0v) is 26.0. The first kappa shape index (κ1) is 29.9. The Morgan fingerprint density at radius 3 is 2.60 bits per heavy atom. The number of thiazole rings is 1. The number of carbonyl (C=O) groups excluding carboxylic acids is 2. The average molecular weight is 606 g/mol. The lowest BCUT2D eigenvalue weighted by Gasteiger charge is -2.37. The molecule has 0 unspecified atom stereocenters. The molecule has 220 valence electrons. The van der Waals surface area contributed by atoms with Crippen molar-refractivity contribution in [3.8, 4) is 16.3 Å². The van der Waals surface area contributed by atoms with Crippen molar-refractivity contribution in [2.75, 3.05) is 31.5 Å². The highest BCUT2D eigenvalue weighted by Gasteiger charge is 2.31. The largest absolute Gasteiger partial charge is 0.336 e. The number of benzene rings is 1. The summed E-state index contributed by atoms with van der Waals surface area (Å²) in [4.78, 5) is 35.0. The van der Waals surface area contributed by atoms with E-state index in [4.69, 9.17) is 22.1 Å². The van der Waals surface area contributed by atoms with Crippen molar-refractivity contribution in [2.24, 2.45) is 0 Å². The van der Waals surface area contributed by atoms with Gasteiger partial charge in [0.2, 0.25) is 5.91 Å². The number of anilines is 1. The third-order valence-corrected chi connectivity index (χ3v) is 8.94. The van der Waals surface area contributed by atoms with Gasteiger partial charge in [0, 0.05) is 62.1 Å². The number of aromatic nitrogens is 3. The minimum atomic E-state index is -0.179. The molecule has 0 spiro atoms. The summed E-state index contributed by atoms with van der Waals surface area (Å²) < 4.78 is 1.80. The van der Waals surface area contributed by atoms with Crippen molar-refractivity contribution >= 4 is 51.7 Å². The highest BCUT2D eigenvalue weighted by atomic mass is 35.5. The highest BCUT2D eigenvalue weighted by Crippen LogP contribution is 2.43. The van der Waals surface area contributed by atoms with E-state index in [0.717, 1.165) is 41.3 Å². The zero-order chi connectivity index (χ0) is 30.0. The smallest absolute Gasteiger partial charge is 0.253 e. The lowest BCUT2D eigenvalue weighted by molar-refractivity contribution is -0.114. The van der Waals surface area contributed by atoms with Crippen molar-refractivity contribution in [2.45, 2.75) is 53.0 Å². The van der Waals surface area contributed by atoms with E-state index in [9.17, 15) is 9.59 Å². The Hall–Kier alpha value is -3.60. The molecule has 1 aliphatic carbocycles. The fourth-order valence-electron chi connectivity index (χ4n) is 5.42. The fourth-order valence-corrected chi connectivity index (χ4v) is 6.80. The predicted molar refractivity (Wildman–Crippen MR) is 170 cm³/mol. The van der Waals surface area contributed by atoms with Gasteiger partial charge in [0.05, 0.1) is 32.7 Å². The first-order valence-corrected chi connectivity index (χ1v) is 15.5. The molecule has 5 rings (SSSR count). The molecule has 0 saturated carbocycles. The van der Waals surface area contributed by atoms with Crippen LogP contribution in [0.25, 0.3) is 21.8 Å². The van der Waals surface area contributed by atoms with E-state index >= 15 is 0 Å². The molecule has 2 amide bonds. The number of hydrogen-bond donors (Lipinski definition) is 2. The maximum absolute atomic E-state index is 13.4. The van der Waals surface area contributed by atoms with E-state index in [-0.39, 0.29) is 11.8 Å². The summed E-state index contributed by atoms with van der Waals surface area (Å²) >= 11 is 8.30. The van der Waals surface area contributed by atoms with Crippen LogP contribution in [-0.4, -0.2) is 74.8 Å². The third-order valence-electron chi connectivity index (χ3n) is 7.62. The van der Waals surface area contributed by atoms with Gasteiger partial charge >= 0.3 is 0 Å². The van der Waals surface area contributed by atoms with Crippen LogP contribution in [-0.2, 0) is 17.6 Å². The van der Waals surface area contributed by atoms with E-state index in [1.165, 1.54) is 24.5 Å². The molecule has 3 heterocycles. The number of hydrogen-bond acceptors (Lipinski definition) is 7. The summed E-state index contributed by atoms with van der Waals surface area (Å²) in [5.41, 5.74) is 5.31. The standard InChI is InChI=1S/C31H36ClN7O2S/c1-5-6-7-8-22(18-33)27-23-10-11-25-29(42-31(35-25)34-20(4)40)28(23)39(36-27)26-12-9-21(17-24(26)32)30(41)38-15-13-37(14-16-38)19(2)3/h6-9,12,17-19,33H,5,10-11,13-16H2,1-4H3,(H,34,35,40)/b7-6-,22-8+,33-18?. The molecule has 3 aromatic rings. The fraction of sp³-hybridized carbons (Fsp3) is 0.387. The number of nitrogens with one attached hydrogen (secondary N) is 2. The molecule has 11 heteroatoms. The van der Waals surface area contributed by atoms with E-state index in [2.05, 4.69) is 36.0 Å². The van der Waals surface area contributed by atoms with E-state index in [1.54, 1.807) is 10.7 Å². The molecule has 1 saturated heterocycles. The molecule has 42 heavy (non-hydrogen) atoms. The summed E-state index contributed by atoms with van der Waals surface area (Å²) in [5.74, 6) is -0.211. The summed E-state index contributed by atoms with van der Waals surface area (Å²) in [7, 11) is 0. The third kappa shape index (κ3) is 5.97. The van der Waals surface area contributed by atoms with Crippen molar-refractivity contribution < 1.29 is 9.59 Å². The van der Waals surface area contributed by atoms with Gasteiger partial charge in [-0.05, 0) is 51.3 Å². The number of piperazine rings is 1. The van der Waals surface area contributed by atoms with Crippen molar-refractivity contribution in [1.29, 1.82) is 5.41 Å². The molecule has 1 aliphatic heterocycles. The normalized spacial score (nSPS) is 15.7. The molecule has 9 nitrogen and oxygen atoms in total. The Kier molecular flexibility index (Phi) is 9.05. The molecule has 2 aliphatic rings. The number of fused-ring (bicyclic) bond motifs is 3. The lowest BCUT2D eigenvalue weighted by Crippen LogP contribution is -2.50. The second-order valence-electron chi connectivity index (χ2n) is 10.8. The van der Waals surface area contributed by atoms with Crippen LogP contribution in [0.4, 0.5) is 5.13 Å². The minimum absolute atomic E-state index is 0.0310. The van der Waals surface area contributed by atoms with Gasteiger partial charge in [0.1, 0.15) is 0 Å². The van der Waals surface area contributed by atoms with Crippen molar-refractivity contribution in [3.63, 3.8) is 0 Å². The van der Waals surface area contributed by atoms with Crippen molar-refractivity contribution in [3.05, 3.63) is 64.0 Å². The predicted octanol–water partition coefficient (Wildman–Crippen LogP) is 5.87. The van der Waals surface area contributed by atoms with Gasteiger partial charge in [-0.25, -0.2) is 9.67 Å². The molecule has 0 atom stereocenters. The summed E-state index contributed by atoms with van der Waals surface area (Å²) in [6.07, 6.45) is 9.45. The van der Waals surface area contributed by atoms with Gasteiger partial charge in [-0.3, -0.25) is 14.5 Å². The second-order valence-corrected chi connectivity index (χ2v) is 12.2. The number of amides is 2. The Balaban J connectivity index is 1.56. The SMILES string of the molecule is CC/C=C\C=C(/C=N)c1nn(-c2ccc(C(=O)N3CCN(C(C)C)CC3)cc2Cl)c2c1CCc1nc(NC(C)=O)sc1-2. The van der Waals surface area contributed by atoms with Crippen LogP contribution >= 0.6 is 22.9 Å². The van der Waals surface area contributed by atoms with Gasteiger partial charge in [-0.15, -0.1) is 0 Å². The van der Waals surface area contributed by atoms with Crippen LogP contribution < -0.4 is 5.32 Å². The molecular weight excluding hydrogens is 570 g/mol. The Morgan fingerprint density at radius 2 is 1.95 bits per heavy atom. The van der Waals surface area contributed by atoms with E-state index in [0.29, 0.717) is 64.6 Å². The summed E-state index contributed by atoms with van der Waals surface area (Å²) in [5, 5.41) is 16.9. The first-order valence-electron chi connectivity index (χ1n) is 14.3. The van der Waals surface area contributed by atoms with E-state index < -0.39 is 0 Å². The molecule has 0 bridgehead atoms. The molecule has 0 radical (unpaired) electrons. The Bertz CT molecular complexity index is 1580. The van der Waals surface area contributed by atoms with Crippen LogP contribution in [0.2, 0.25) is 5.02 Å². The van der Waals surface area contributed by atoms with Crippen LogP contribution in [0, 0.1) is 5.41 Å². The average Bonchev–Trinajstić information content (AvgIpc) is 3.55. The van der Waals surface area contributed by atoms with Crippen LogP contribution in [0.1, 0.15) is 61.4 Å². The van der Waals surface area contributed by atoms with Gasteiger partial charge in [0.15, 0.2) is 5.13 Å². The van der Waals surface area contributed by atoms with Gasteiger partial charge in [0.25, 0.3) is 5.91 Å². The Morgan fingerprint density at radius 1 is 1.19 bits per heavy atom. The quantitative estimate of drug-likeness (QED) is 0.247. The number of allylic oxidation sites excluding steroid dienone is 4. The van der Waals surface area contributed by atoms with Crippen molar-refractivity contribution in [1.82, 2.24) is 24.6 Å². The molecular formula is C31H36ClN7O2S. The number of aryl methyl sites for hydroxylation is 1. The summed E-state index contributed by atoms with van der Waals surface area (Å²) in [6, 6.07) is 5.83. The van der Waals surface area contributed by atoms with E-state index in [1.807, 2.05) is 35.3 Å². The number of rotatable bonds is 8. The molecule has 1 fully saturated rings. The lowest BCUT2D eigenvalue weighted by atomic mass is 9.95. The van der Waals surface area contributed by atoms with Crippen LogP contribution in [0.3, 0.4) is 0 Å². The van der Waals surface area contributed by atoms with Gasteiger partial charge in [-0.2, -0.15) is 5.10 Å². The minimum Gasteiger partial charge on any atom is -0.336 e. The van der Waals surface area contributed by atoms with Crippen LogP contribution in [0.15, 0.2) is 36.4 Å². The topological polar surface area (TPSA) is 107 Å². The summed E-state index contributed by atoms with van der Waals surface area (Å²) in [6.45, 7) is 10.9. The number of carbonyl (C=O) groups is 2. The molecule has 2 aromatic heterocycles. The maximum atomic E-state index is 13.4. The van der Waals surface area contributed by atoms with Gasteiger partial charge in [-0.1, -0.05) is 48.1 Å². The first-order chi connectivity index (χ1) is 20.2. The Labute approximate surface area is 255 Å². The van der Waals surface area contributed by atoms with Gasteiger partial charge < -0.3 is 15.6 Å². The molecule has 1 aromatic carbocycles. The number of nitrogens with zero attached hydrogens (tertiary/aromatic N) is 5. The maximum Gasteiger partial charge on any atom is 0.253 e. The monoisotopic (exact) mass is 605 g/mol.